The molecule has 4 N–H and O–H groups in total. The highest BCUT2D eigenvalue weighted by atomic mass is 32.2. The molecule has 15 heavy (non-hydrogen) atoms. The van der Waals surface area contributed by atoms with Crippen LogP contribution in [-0.2, 0) is 10.1 Å². The van der Waals surface area contributed by atoms with E-state index in [9.17, 15) is 26.0 Å². The number of alkyl halides is 4. The molecule has 0 bridgehead atoms. The molecule has 0 aromatic rings. The minimum atomic E-state index is -4.69. The zero-order chi connectivity index (χ0) is 11.4. The standard InChI is InChI=1S/C6H10F4O3S.H3N/c7-2-1-4(8)6(10)5(9)3-14(11,12)13;/h4-6H,1-3H2,(H,11,12,13);1H3. The average molecular weight is 255 g/mol. The Labute approximate surface area is 85.0 Å². The second kappa shape index (κ2) is 6.96. The van der Waals surface area contributed by atoms with Crippen molar-refractivity contribution in [1.29, 1.82) is 0 Å². The highest BCUT2D eigenvalue weighted by Gasteiger charge is 2.32. The lowest BCUT2D eigenvalue weighted by atomic mass is 10.1. The smallest absolute Gasteiger partial charge is 0.267 e. The van der Waals surface area contributed by atoms with Crippen LogP contribution in [-0.4, -0.2) is 43.9 Å². The lowest BCUT2D eigenvalue weighted by Crippen LogP contribution is -2.33. The van der Waals surface area contributed by atoms with Crippen LogP contribution in [0.25, 0.3) is 0 Å². The molecule has 0 radical (unpaired) electrons. The van der Waals surface area contributed by atoms with Crippen LogP contribution in [0.2, 0.25) is 0 Å². The van der Waals surface area contributed by atoms with Gasteiger partial charge < -0.3 is 6.15 Å². The van der Waals surface area contributed by atoms with Crippen LogP contribution in [0.3, 0.4) is 0 Å². The van der Waals surface area contributed by atoms with Gasteiger partial charge in [-0.15, -0.1) is 0 Å². The van der Waals surface area contributed by atoms with Crippen LogP contribution >= 0.6 is 0 Å². The highest BCUT2D eigenvalue weighted by Crippen LogP contribution is 2.16. The van der Waals surface area contributed by atoms with E-state index >= 15 is 0 Å². The molecule has 0 spiro atoms. The summed E-state index contributed by atoms with van der Waals surface area (Å²) in [5, 5.41) is 0. The first kappa shape index (κ1) is 17.0. The molecule has 0 aromatic carbocycles. The van der Waals surface area contributed by atoms with Gasteiger partial charge in [-0.3, -0.25) is 8.94 Å². The third-order valence-corrected chi connectivity index (χ3v) is 2.19. The number of hydrogen-bond donors (Lipinski definition) is 2. The Kier molecular flexibility index (Phi) is 7.89. The molecule has 0 saturated heterocycles. The molecule has 4 nitrogen and oxygen atoms in total. The minimum Gasteiger partial charge on any atom is -0.344 e. The van der Waals surface area contributed by atoms with E-state index in [-0.39, 0.29) is 6.15 Å². The lowest BCUT2D eigenvalue weighted by molar-refractivity contribution is 0.0827. The molecule has 0 aliphatic rings. The first-order valence-corrected chi connectivity index (χ1v) is 5.32. The molecule has 0 aromatic heterocycles. The predicted octanol–water partition coefficient (Wildman–Crippen LogP) is 1.41. The van der Waals surface area contributed by atoms with E-state index < -0.39 is 47.5 Å². The van der Waals surface area contributed by atoms with Gasteiger partial charge in [0.15, 0.2) is 12.3 Å². The van der Waals surface area contributed by atoms with Crippen molar-refractivity contribution < 1.29 is 30.5 Å². The maximum atomic E-state index is 12.6. The summed E-state index contributed by atoms with van der Waals surface area (Å²) in [6.45, 7) is -1.17. The van der Waals surface area contributed by atoms with Crippen molar-refractivity contribution in [2.75, 3.05) is 12.4 Å². The Morgan fingerprint density at radius 1 is 1.13 bits per heavy atom. The van der Waals surface area contributed by atoms with E-state index in [4.69, 9.17) is 4.55 Å². The molecule has 3 atom stereocenters. The Morgan fingerprint density at radius 3 is 1.93 bits per heavy atom. The van der Waals surface area contributed by atoms with Gasteiger partial charge in [-0.05, 0) is 0 Å². The van der Waals surface area contributed by atoms with Gasteiger partial charge in [-0.1, -0.05) is 0 Å². The zero-order valence-electron chi connectivity index (χ0n) is 7.74. The molecule has 9 heteroatoms. The quantitative estimate of drug-likeness (QED) is 0.554. The fraction of sp³-hybridized carbons (Fsp3) is 1.00. The Bertz CT molecular complexity index is 261. The summed E-state index contributed by atoms with van der Waals surface area (Å²) < 4.78 is 77.5. The molecule has 0 saturated carbocycles. The molecule has 0 heterocycles. The largest absolute Gasteiger partial charge is 0.344 e. The van der Waals surface area contributed by atoms with E-state index in [0.717, 1.165) is 0 Å². The maximum Gasteiger partial charge on any atom is 0.267 e. The number of halogens is 4. The van der Waals surface area contributed by atoms with Crippen LogP contribution < -0.4 is 6.15 Å². The van der Waals surface area contributed by atoms with Gasteiger partial charge in [0, 0.05) is 6.42 Å². The second-order valence-electron chi connectivity index (χ2n) is 2.70. The third-order valence-electron chi connectivity index (χ3n) is 1.45. The van der Waals surface area contributed by atoms with Crippen LogP contribution in [0.15, 0.2) is 0 Å². The zero-order valence-corrected chi connectivity index (χ0v) is 8.56. The number of hydrogen-bond acceptors (Lipinski definition) is 3. The van der Waals surface area contributed by atoms with Crippen molar-refractivity contribution in [2.45, 2.75) is 24.9 Å². The van der Waals surface area contributed by atoms with Crippen molar-refractivity contribution in [3.8, 4) is 0 Å². The summed E-state index contributed by atoms with van der Waals surface area (Å²) in [7, 11) is -4.69. The summed E-state index contributed by atoms with van der Waals surface area (Å²) in [4.78, 5) is 0. The Hall–Kier alpha value is -0.410. The van der Waals surface area contributed by atoms with Crippen molar-refractivity contribution in [2.24, 2.45) is 0 Å². The van der Waals surface area contributed by atoms with Crippen molar-refractivity contribution in [3.63, 3.8) is 0 Å². The number of rotatable bonds is 6. The highest BCUT2D eigenvalue weighted by molar-refractivity contribution is 7.85. The van der Waals surface area contributed by atoms with E-state index in [1.165, 1.54) is 0 Å². The van der Waals surface area contributed by atoms with Gasteiger partial charge in [0.05, 0.1) is 6.67 Å². The van der Waals surface area contributed by atoms with Crippen molar-refractivity contribution in [3.05, 3.63) is 0 Å². The molecule has 0 rings (SSSR count). The van der Waals surface area contributed by atoms with Crippen LogP contribution in [0.4, 0.5) is 17.6 Å². The molecule has 0 aliphatic carbocycles. The Morgan fingerprint density at radius 2 is 1.60 bits per heavy atom. The van der Waals surface area contributed by atoms with Crippen LogP contribution in [0, 0.1) is 0 Å². The van der Waals surface area contributed by atoms with Gasteiger partial charge in [0.25, 0.3) is 10.1 Å². The topological polar surface area (TPSA) is 89.4 Å². The summed E-state index contributed by atoms with van der Waals surface area (Å²) in [5.41, 5.74) is 0. The van der Waals surface area contributed by atoms with Gasteiger partial charge in [0.2, 0.25) is 0 Å². The fourth-order valence-electron chi connectivity index (χ4n) is 0.783. The molecular formula is C6H13F4NO3S. The van der Waals surface area contributed by atoms with E-state index in [1.807, 2.05) is 0 Å². The van der Waals surface area contributed by atoms with Crippen molar-refractivity contribution in [1.82, 2.24) is 6.15 Å². The molecule has 0 amide bonds. The average Bonchev–Trinajstić information content (AvgIpc) is 2.00. The van der Waals surface area contributed by atoms with Gasteiger partial charge in [-0.25, -0.2) is 13.2 Å². The molecular weight excluding hydrogens is 242 g/mol. The fourth-order valence-corrected chi connectivity index (χ4v) is 1.37. The molecule has 0 fully saturated rings. The van der Waals surface area contributed by atoms with Crippen LogP contribution in [0.1, 0.15) is 6.42 Å². The van der Waals surface area contributed by atoms with Gasteiger partial charge in [0.1, 0.15) is 11.9 Å². The predicted molar refractivity (Wildman–Crippen MR) is 46.7 cm³/mol. The summed E-state index contributed by atoms with van der Waals surface area (Å²) in [6.07, 6.45) is -8.68. The first-order valence-electron chi connectivity index (χ1n) is 3.71. The van der Waals surface area contributed by atoms with Gasteiger partial charge in [-0.2, -0.15) is 8.42 Å². The minimum absolute atomic E-state index is 0. The molecule has 94 valence electrons. The molecule has 0 aliphatic heterocycles. The first-order chi connectivity index (χ1) is 6.28. The van der Waals surface area contributed by atoms with E-state index in [1.54, 1.807) is 0 Å². The van der Waals surface area contributed by atoms with Crippen LogP contribution in [0.5, 0.6) is 0 Å². The Balaban J connectivity index is 0. The second-order valence-corrected chi connectivity index (χ2v) is 4.20. The SMILES string of the molecule is N.O=S(=O)(O)CC(F)C(F)C(F)CCF. The van der Waals surface area contributed by atoms with E-state index in [2.05, 4.69) is 0 Å². The van der Waals surface area contributed by atoms with Crippen molar-refractivity contribution >= 4 is 10.1 Å². The maximum absolute atomic E-state index is 12.6. The molecule has 3 unspecified atom stereocenters. The lowest BCUT2D eigenvalue weighted by Gasteiger charge is -2.15. The normalized spacial score (nSPS) is 17.7. The summed E-state index contributed by atoms with van der Waals surface area (Å²) in [6, 6.07) is 0. The summed E-state index contributed by atoms with van der Waals surface area (Å²) in [5.74, 6) is -1.53. The van der Waals surface area contributed by atoms with Gasteiger partial charge >= 0.3 is 0 Å². The van der Waals surface area contributed by atoms with E-state index in [0.29, 0.717) is 0 Å². The third kappa shape index (κ3) is 7.51. The monoisotopic (exact) mass is 255 g/mol. The summed E-state index contributed by atoms with van der Waals surface area (Å²) >= 11 is 0.